The van der Waals surface area contributed by atoms with Gasteiger partial charge in [-0.1, -0.05) is 6.07 Å². The number of alkyl halides is 2. The molecular formula is C22H16F2N8O2. The fourth-order valence-electron chi connectivity index (χ4n) is 3.24. The first kappa shape index (κ1) is 21.1. The van der Waals surface area contributed by atoms with Crippen molar-refractivity contribution in [3.8, 4) is 11.5 Å². The summed E-state index contributed by atoms with van der Waals surface area (Å²) >= 11 is 0. The number of carbonyl (C=O) groups excluding carboxylic acids is 1. The Morgan fingerprint density at radius 3 is 2.88 bits per heavy atom. The van der Waals surface area contributed by atoms with Crippen LogP contribution in [0.1, 0.15) is 28.2 Å². The number of fused-ring (bicyclic) bond motifs is 1. The molecule has 0 atom stereocenters. The first-order valence-electron chi connectivity index (χ1n) is 10.1. The van der Waals surface area contributed by atoms with E-state index in [9.17, 15) is 13.6 Å². The summed E-state index contributed by atoms with van der Waals surface area (Å²) in [6.07, 6.45) is 4.64. The standard InChI is InChI=1S/C22H16F2N8O2/c23-19(24)16-3-1-4-17(28-16)20-30-21(18-5-2-8-32(18)31-20)29-15-6-7-25-10-14(15)22(33)26-9-13-11-34-12-27-13/h1-8,10-12,19H,9H2,(H,26,33)(H,25,29,30,31). The van der Waals surface area contributed by atoms with Crippen LogP contribution in [0.2, 0.25) is 0 Å². The predicted molar refractivity (Wildman–Crippen MR) is 116 cm³/mol. The molecule has 0 fully saturated rings. The fraction of sp³-hybridized carbons (Fsp3) is 0.0909. The van der Waals surface area contributed by atoms with Crippen molar-refractivity contribution in [2.75, 3.05) is 5.32 Å². The van der Waals surface area contributed by atoms with Crippen LogP contribution in [0.5, 0.6) is 0 Å². The zero-order valence-corrected chi connectivity index (χ0v) is 17.4. The van der Waals surface area contributed by atoms with Gasteiger partial charge < -0.3 is 15.1 Å². The minimum absolute atomic E-state index is 0.139. The molecule has 0 aliphatic heterocycles. The van der Waals surface area contributed by atoms with Crippen LogP contribution in [-0.2, 0) is 6.54 Å². The minimum atomic E-state index is -2.72. The number of oxazole rings is 1. The molecule has 12 heteroatoms. The van der Waals surface area contributed by atoms with Gasteiger partial charge in [0, 0.05) is 18.6 Å². The Bertz CT molecular complexity index is 1450. The third-order valence-electron chi connectivity index (χ3n) is 4.85. The summed E-state index contributed by atoms with van der Waals surface area (Å²) in [5.41, 5.74) is 1.71. The molecule has 5 aromatic heterocycles. The number of hydrogen-bond donors (Lipinski definition) is 2. The monoisotopic (exact) mass is 462 g/mol. The van der Waals surface area contributed by atoms with E-state index >= 15 is 0 Å². The van der Waals surface area contributed by atoms with Crippen molar-refractivity contribution in [3.63, 3.8) is 0 Å². The molecule has 5 rings (SSSR count). The highest BCUT2D eigenvalue weighted by Gasteiger charge is 2.17. The van der Waals surface area contributed by atoms with Gasteiger partial charge in [0.05, 0.1) is 23.5 Å². The quantitative estimate of drug-likeness (QED) is 0.375. The number of carbonyl (C=O) groups is 1. The van der Waals surface area contributed by atoms with Gasteiger partial charge in [0.1, 0.15) is 23.2 Å². The van der Waals surface area contributed by atoms with E-state index in [2.05, 4.69) is 35.7 Å². The molecule has 34 heavy (non-hydrogen) atoms. The maximum absolute atomic E-state index is 13.1. The van der Waals surface area contributed by atoms with Crippen molar-refractivity contribution in [1.29, 1.82) is 0 Å². The summed E-state index contributed by atoms with van der Waals surface area (Å²) in [6.45, 7) is 0.177. The van der Waals surface area contributed by atoms with Crippen LogP contribution in [0.25, 0.3) is 17.0 Å². The lowest BCUT2D eigenvalue weighted by Crippen LogP contribution is -2.24. The van der Waals surface area contributed by atoms with Gasteiger partial charge in [-0.05, 0) is 30.3 Å². The summed E-state index contributed by atoms with van der Waals surface area (Å²) in [7, 11) is 0. The van der Waals surface area contributed by atoms with Crippen LogP contribution >= 0.6 is 0 Å². The molecule has 170 valence electrons. The number of hydrogen-bond acceptors (Lipinski definition) is 8. The summed E-state index contributed by atoms with van der Waals surface area (Å²) in [6, 6.07) is 9.43. The lowest BCUT2D eigenvalue weighted by molar-refractivity contribution is 0.0951. The van der Waals surface area contributed by atoms with Gasteiger partial charge in [-0.15, -0.1) is 5.10 Å². The lowest BCUT2D eigenvalue weighted by Gasteiger charge is -2.13. The molecule has 1 amide bonds. The maximum atomic E-state index is 13.1. The van der Waals surface area contributed by atoms with Gasteiger partial charge >= 0.3 is 0 Å². The Hall–Kier alpha value is -4.74. The lowest BCUT2D eigenvalue weighted by atomic mass is 10.2. The highest BCUT2D eigenvalue weighted by atomic mass is 19.3. The first-order chi connectivity index (χ1) is 16.6. The second kappa shape index (κ2) is 9.02. The Balaban J connectivity index is 1.48. The number of rotatable bonds is 7. The zero-order valence-electron chi connectivity index (χ0n) is 17.4. The number of amides is 1. The molecular weight excluding hydrogens is 446 g/mol. The molecule has 0 saturated heterocycles. The van der Waals surface area contributed by atoms with E-state index < -0.39 is 6.43 Å². The fourth-order valence-corrected chi connectivity index (χ4v) is 3.24. The normalized spacial score (nSPS) is 11.1. The molecule has 2 N–H and O–H groups in total. The average Bonchev–Trinajstić information content (AvgIpc) is 3.55. The molecule has 0 radical (unpaired) electrons. The molecule has 0 bridgehead atoms. The first-order valence-corrected chi connectivity index (χ1v) is 10.1. The Labute approximate surface area is 190 Å². The van der Waals surface area contributed by atoms with E-state index in [0.29, 0.717) is 22.7 Å². The topological polar surface area (TPSA) is 123 Å². The summed E-state index contributed by atoms with van der Waals surface area (Å²) in [5, 5.41) is 10.3. The second-order valence-electron chi connectivity index (χ2n) is 7.08. The molecule has 5 aromatic rings. The van der Waals surface area contributed by atoms with Crippen molar-refractivity contribution in [2.45, 2.75) is 13.0 Å². The van der Waals surface area contributed by atoms with Crippen molar-refractivity contribution < 1.29 is 18.0 Å². The molecule has 5 heterocycles. The van der Waals surface area contributed by atoms with E-state index in [1.165, 1.54) is 37.2 Å². The molecule has 10 nitrogen and oxygen atoms in total. The van der Waals surface area contributed by atoms with Crippen LogP contribution in [-0.4, -0.2) is 35.5 Å². The van der Waals surface area contributed by atoms with Crippen molar-refractivity contribution in [2.24, 2.45) is 0 Å². The average molecular weight is 462 g/mol. The maximum Gasteiger partial charge on any atom is 0.280 e. The molecule has 0 aliphatic rings. The van der Waals surface area contributed by atoms with Crippen molar-refractivity contribution >= 4 is 22.9 Å². The van der Waals surface area contributed by atoms with Gasteiger partial charge in [-0.25, -0.2) is 28.2 Å². The SMILES string of the molecule is O=C(NCc1cocn1)c1cnccc1Nc1nc(-c2cccc(C(F)F)n2)nn2cccc12. The number of halogens is 2. The van der Waals surface area contributed by atoms with Crippen LogP contribution in [0, 0.1) is 0 Å². The molecule has 0 aromatic carbocycles. The molecule has 0 unspecified atom stereocenters. The summed E-state index contributed by atoms with van der Waals surface area (Å²) in [5.74, 6) is 0.112. The molecule has 0 aliphatic carbocycles. The Morgan fingerprint density at radius 1 is 1.15 bits per heavy atom. The van der Waals surface area contributed by atoms with E-state index in [4.69, 9.17) is 4.42 Å². The van der Waals surface area contributed by atoms with Gasteiger partial charge in [-0.3, -0.25) is 9.78 Å². The third kappa shape index (κ3) is 4.28. The number of nitrogens with one attached hydrogen (secondary N) is 2. The highest BCUT2D eigenvalue weighted by molar-refractivity contribution is 6.00. The smallest absolute Gasteiger partial charge is 0.280 e. The highest BCUT2D eigenvalue weighted by Crippen LogP contribution is 2.26. The van der Waals surface area contributed by atoms with Gasteiger partial charge in [0.25, 0.3) is 12.3 Å². The minimum Gasteiger partial charge on any atom is -0.451 e. The zero-order chi connectivity index (χ0) is 23.5. The number of pyridine rings is 2. The largest absolute Gasteiger partial charge is 0.451 e. The van der Waals surface area contributed by atoms with E-state index in [1.807, 2.05) is 0 Å². The van der Waals surface area contributed by atoms with Crippen LogP contribution in [0.15, 0.2) is 72.1 Å². The van der Waals surface area contributed by atoms with Crippen molar-refractivity contribution in [1.82, 2.24) is 34.9 Å². The number of aromatic nitrogens is 6. The van der Waals surface area contributed by atoms with Crippen LogP contribution < -0.4 is 10.6 Å². The van der Waals surface area contributed by atoms with Gasteiger partial charge in [-0.2, -0.15) is 0 Å². The second-order valence-corrected chi connectivity index (χ2v) is 7.08. The van der Waals surface area contributed by atoms with E-state index in [1.54, 1.807) is 35.0 Å². The molecule has 0 spiro atoms. The molecule has 0 saturated carbocycles. The van der Waals surface area contributed by atoms with Gasteiger partial charge in [0.15, 0.2) is 12.2 Å². The Kier molecular flexibility index (Phi) is 5.60. The number of anilines is 2. The van der Waals surface area contributed by atoms with Gasteiger partial charge in [0.2, 0.25) is 5.82 Å². The predicted octanol–water partition coefficient (Wildman–Crippen LogP) is 3.79. The Morgan fingerprint density at radius 2 is 2.06 bits per heavy atom. The number of nitrogens with zero attached hydrogens (tertiary/aromatic N) is 6. The summed E-state index contributed by atoms with van der Waals surface area (Å²) in [4.78, 5) is 29.3. The van der Waals surface area contributed by atoms with Crippen molar-refractivity contribution in [3.05, 3.63) is 84.6 Å². The van der Waals surface area contributed by atoms with Crippen LogP contribution in [0.4, 0.5) is 20.3 Å². The third-order valence-corrected chi connectivity index (χ3v) is 4.85. The summed E-state index contributed by atoms with van der Waals surface area (Å²) < 4.78 is 32.7. The van der Waals surface area contributed by atoms with E-state index in [-0.39, 0.29) is 35.2 Å². The van der Waals surface area contributed by atoms with E-state index in [0.717, 1.165) is 0 Å². The van der Waals surface area contributed by atoms with Crippen LogP contribution in [0.3, 0.4) is 0 Å².